The molecule has 0 aliphatic rings. The minimum Gasteiger partial charge on any atom is -0.300 e. The van der Waals surface area contributed by atoms with E-state index in [1.165, 1.54) is 17.5 Å². The monoisotopic (exact) mass is 205 g/mol. The molecule has 15 heavy (non-hydrogen) atoms. The molecule has 0 fully saturated rings. The SMILES string of the molecule is CC(=O)Cc1cc(=O)n2[nH]c(C)cc2n1. The topological polar surface area (TPSA) is 67.2 Å². The van der Waals surface area contributed by atoms with Crippen LogP contribution >= 0.6 is 0 Å². The van der Waals surface area contributed by atoms with Gasteiger partial charge in [-0.3, -0.25) is 14.7 Å². The van der Waals surface area contributed by atoms with Gasteiger partial charge in [-0.05, 0) is 13.8 Å². The molecule has 0 saturated heterocycles. The number of fused-ring (bicyclic) bond motifs is 1. The number of aryl methyl sites for hydroxylation is 1. The van der Waals surface area contributed by atoms with Crippen LogP contribution in [0.15, 0.2) is 16.9 Å². The number of hydrogen-bond donors (Lipinski definition) is 1. The van der Waals surface area contributed by atoms with E-state index < -0.39 is 0 Å². The van der Waals surface area contributed by atoms with Crippen LogP contribution in [0.1, 0.15) is 18.3 Å². The second-order valence-electron chi connectivity index (χ2n) is 3.60. The fraction of sp³-hybridized carbons (Fsp3) is 0.300. The van der Waals surface area contributed by atoms with Gasteiger partial charge in [-0.25, -0.2) is 9.50 Å². The van der Waals surface area contributed by atoms with E-state index in [2.05, 4.69) is 10.1 Å². The van der Waals surface area contributed by atoms with Gasteiger partial charge < -0.3 is 0 Å². The van der Waals surface area contributed by atoms with Crippen molar-refractivity contribution in [2.75, 3.05) is 0 Å². The van der Waals surface area contributed by atoms with Gasteiger partial charge in [0.1, 0.15) is 5.78 Å². The summed E-state index contributed by atoms with van der Waals surface area (Å²) in [5.41, 5.74) is 1.74. The van der Waals surface area contributed by atoms with E-state index in [1.54, 1.807) is 6.07 Å². The van der Waals surface area contributed by atoms with Gasteiger partial charge in [-0.1, -0.05) is 0 Å². The average molecular weight is 205 g/mol. The average Bonchev–Trinajstić information content (AvgIpc) is 2.44. The number of carbonyl (C=O) groups is 1. The summed E-state index contributed by atoms with van der Waals surface area (Å²) < 4.78 is 1.36. The first-order valence-electron chi connectivity index (χ1n) is 4.64. The number of carbonyl (C=O) groups excluding carboxylic acids is 1. The zero-order chi connectivity index (χ0) is 11.0. The highest BCUT2D eigenvalue weighted by Gasteiger charge is 2.05. The number of nitrogens with one attached hydrogen (secondary N) is 1. The second-order valence-corrected chi connectivity index (χ2v) is 3.60. The molecule has 2 aromatic rings. The second kappa shape index (κ2) is 3.34. The number of aromatic amines is 1. The van der Waals surface area contributed by atoms with E-state index in [4.69, 9.17) is 0 Å². The number of ketones is 1. The van der Waals surface area contributed by atoms with Crippen molar-refractivity contribution in [1.29, 1.82) is 0 Å². The molecule has 2 rings (SSSR count). The van der Waals surface area contributed by atoms with Gasteiger partial charge in [0, 0.05) is 24.2 Å². The van der Waals surface area contributed by atoms with Crippen molar-refractivity contribution in [1.82, 2.24) is 14.6 Å². The lowest BCUT2D eigenvalue weighted by molar-refractivity contribution is -0.116. The fourth-order valence-corrected chi connectivity index (χ4v) is 1.51. The van der Waals surface area contributed by atoms with E-state index in [1.807, 2.05) is 6.92 Å². The van der Waals surface area contributed by atoms with Gasteiger partial charge in [0.05, 0.1) is 5.69 Å². The zero-order valence-electron chi connectivity index (χ0n) is 8.57. The first-order chi connectivity index (χ1) is 7.06. The highest BCUT2D eigenvalue weighted by atomic mass is 16.1. The van der Waals surface area contributed by atoms with Crippen LogP contribution < -0.4 is 5.56 Å². The Morgan fingerprint density at radius 2 is 2.27 bits per heavy atom. The Bertz CT molecular complexity index is 580. The summed E-state index contributed by atoms with van der Waals surface area (Å²) in [5.74, 6) is -0.00138. The predicted octanol–water partition coefficient (Wildman–Crippen LogP) is 0.463. The van der Waals surface area contributed by atoms with Crippen molar-refractivity contribution in [3.05, 3.63) is 33.9 Å². The lowest BCUT2D eigenvalue weighted by Gasteiger charge is -1.97. The Kier molecular flexibility index (Phi) is 2.15. The van der Waals surface area contributed by atoms with Gasteiger partial charge in [-0.2, -0.15) is 0 Å². The highest BCUT2D eigenvalue weighted by Crippen LogP contribution is 2.02. The van der Waals surface area contributed by atoms with Crippen LogP contribution in [0, 0.1) is 6.92 Å². The molecule has 0 spiro atoms. The van der Waals surface area contributed by atoms with Crippen molar-refractivity contribution < 1.29 is 4.79 Å². The molecule has 0 bridgehead atoms. The minimum absolute atomic E-state index is 0.00138. The molecule has 0 amide bonds. The Morgan fingerprint density at radius 3 is 2.93 bits per heavy atom. The molecule has 1 N–H and O–H groups in total. The molecule has 5 heteroatoms. The van der Waals surface area contributed by atoms with Crippen LogP contribution in [0.2, 0.25) is 0 Å². The Morgan fingerprint density at radius 1 is 1.53 bits per heavy atom. The highest BCUT2D eigenvalue weighted by molar-refractivity contribution is 5.77. The third-order valence-corrected chi connectivity index (χ3v) is 2.06. The number of aromatic nitrogens is 3. The normalized spacial score (nSPS) is 10.8. The quantitative estimate of drug-likeness (QED) is 0.774. The molecule has 0 aromatic carbocycles. The fourth-order valence-electron chi connectivity index (χ4n) is 1.51. The van der Waals surface area contributed by atoms with Crippen LogP contribution in [0.4, 0.5) is 0 Å². The van der Waals surface area contributed by atoms with E-state index in [-0.39, 0.29) is 17.8 Å². The predicted molar refractivity (Wildman–Crippen MR) is 54.9 cm³/mol. The zero-order valence-corrected chi connectivity index (χ0v) is 8.57. The first-order valence-corrected chi connectivity index (χ1v) is 4.64. The third-order valence-electron chi connectivity index (χ3n) is 2.06. The molecule has 0 unspecified atom stereocenters. The summed E-state index contributed by atoms with van der Waals surface area (Å²) in [6, 6.07) is 3.15. The smallest absolute Gasteiger partial charge is 0.272 e. The summed E-state index contributed by atoms with van der Waals surface area (Å²) in [4.78, 5) is 26.7. The molecule has 78 valence electrons. The number of H-pyrrole nitrogens is 1. The van der Waals surface area contributed by atoms with Crippen LogP contribution in [0.3, 0.4) is 0 Å². The van der Waals surface area contributed by atoms with Crippen LogP contribution in [-0.2, 0) is 11.2 Å². The van der Waals surface area contributed by atoms with E-state index in [0.717, 1.165) is 5.69 Å². The van der Waals surface area contributed by atoms with Gasteiger partial charge >= 0.3 is 0 Å². The molecule has 2 heterocycles. The number of rotatable bonds is 2. The van der Waals surface area contributed by atoms with Gasteiger partial charge in [0.25, 0.3) is 5.56 Å². The van der Waals surface area contributed by atoms with Crippen molar-refractivity contribution in [3.63, 3.8) is 0 Å². The van der Waals surface area contributed by atoms with Crippen LogP contribution in [-0.4, -0.2) is 20.4 Å². The van der Waals surface area contributed by atoms with Crippen LogP contribution in [0.25, 0.3) is 5.65 Å². The standard InChI is InChI=1S/C10H11N3O2/c1-6-3-9-11-8(4-7(2)14)5-10(15)13(9)12-6/h3,5,12H,4H2,1-2H3. The summed E-state index contributed by atoms with van der Waals surface area (Å²) in [5, 5.41) is 2.86. The van der Waals surface area contributed by atoms with Gasteiger partial charge in [-0.15, -0.1) is 0 Å². The van der Waals surface area contributed by atoms with Crippen molar-refractivity contribution >= 4 is 11.4 Å². The lowest BCUT2D eigenvalue weighted by Crippen LogP contribution is -2.16. The maximum Gasteiger partial charge on any atom is 0.272 e. The molecular formula is C10H11N3O2. The molecule has 0 aliphatic carbocycles. The summed E-state index contributed by atoms with van der Waals surface area (Å²) >= 11 is 0. The summed E-state index contributed by atoms with van der Waals surface area (Å²) in [7, 11) is 0. The largest absolute Gasteiger partial charge is 0.300 e. The molecule has 0 radical (unpaired) electrons. The number of nitrogens with zero attached hydrogens (tertiary/aromatic N) is 2. The molecule has 0 saturated carbocycles. The minimum atomic E-state index is -0.190. The Balaban J connectivity index is 2.61. The summed E-state index contributed by atoms with van der Waals surface area (Å²) in [6.45, 7) is 3.32. The van der Waals surface area contributed by atoms with E-state index >= 15 is 0 Å². The maximum atomic E-state index is 11.6. The molecule has 2 aromatic heterocycles. The Hall–Kier alpha value is -1.91. The van der Waals surface area contributed by atoms with Gasteiger partial charge in [0.2, 0.25) is 0 Å². The molecule has 5 nitrogen and oxygen atoms in total. The number of hydrogen-bond acceptors (Lipinski definition) is 3. The van der Waals surface area contributed by atoms with Crippen molar-refractivity contribution in [3.8, 4) is 0 Å². The third kappa shape index (κ3) is 1.81. The van der Waals surface area contributed by atoms with Crippen molar-refractivity contribution in [2.24, 2.45) is 0 Å². The van der Waals surface area contributed by atoms with Crippen LogP contribution in [0.5, 0.6) is 0 Å². The lowest BCUT2D eigenvalue weighted by atomic mass is 10.2. The van der Waals surface area contributed by atoms with Gasteiger partial charge in [0.15, 0.2) is 5.65 Å². The first kappa shape index (κ1) is 9.64. The molecule has 0 atom stereocenters. The van der Waals surface area contributed by atoms with E-state index in [9.17, 15) is 9.59 Å². The summed E-state index contributed by atoms with van der Waals surface area (Å²) in [6.07, 6.45) is 0.204. The Labute approximate surface area is 85.7 Å². The van der Waals surface area contributed by atoms with Crippen molar-refractivity contribution in [2.45, 2.75) is 20.3 Å². The maximum absolute atomic E-state index is 11.6. The number of Topliss-reactive ketones (excluding diaryl/α,β-unsaturated/α-hetero) is 1. The molecule has 0 aliphatic heterocycles. The van der Waals surface area contributed by atoms with E-state index in [0.29, 0.717) is 11.3 Å². The molecular weight excluding hydrogens is 194 g/mol.